The second kappa shape index (κ2) is 5.16. The van der Waals surface area contributed by atoms with Gasteiger partial charge in [-0.05, 0) is 44.1 Å². The van der Waals surface area contributed by atoms with Crippen LogP contribution in [-0.2, 0) is 0 Å². The highest BCUT2D eigenvalue weighted by Gasteiger charge is 2.42. The number of likely N-dealkylation sites (tertiary alicyclic amines) is 1. The third kappa shape index (κ3) is 2.23. The maximum atomic E-state index is 13.0. The number of anilines is 1. The van der Waals surface area contributed by atoms with Crippen molar-refractivity contribution < 1.29 is 4.79 Å². The number of hydrogen-bond donors (Lipinski definition) is 1. The molecule has 0 aromatic carbocycles. The molecule has 2 aliphatic rings. The zero-order chi connectivity index (χ0) is 16.2. The summed E-state index contributed by atoms with van der Waals surface area (Å²) in [6.07, 6.45) is 6.29. The zero-order valence-corrected chi connectivity index (χ0v) is 14.5. The molecule has 2 N–H and O–H groups in total. The first kappa shape index (κ1) is 14.9. The maximum Gasteiger partial charge on any atom is 0.266 e. The van der Waals surface area contributed by atoms with E-state index in [9.17, 15) is 4.79 Å². The lowest BCUT2D eigenvalue weighted by molar-refractivity contribution is 0.0779. The second-order valence-corrected chi connectivity index (χ2v) is 8.12. The molecular formula is C17H22N4OS. The van der Waals surface area contributed by atoms with E-state index in [2.05, 4.69) is 10.2 Å². The van der Waals surface area contributed by atoms with Crippen LogP contribution in [0.4, 0.5) is 5.69 Å². The van der Waals surface area contributed by atoms with E-state index < -0.39 is 0 Å². The van der Waals surface area contributed by atoms with Crippen LogP contribution in [0.15, 0.2) is 0 Å². The first-order valence-electron chi connectivity index (χ1n) is 8.32. The fourth-order valence-corrected chi connectivity index (χ4v) is 5.25. The van der Waals surface area contributed by atoms with Gasteiger partial charge in [-0.1, -0.05) is 12.8 Å². The van der Waals surface area contributed by atoms with Crippen molar-refractivity contribution in [3.8, 4) is 0 Å². The third-order valence-electron chi connectivity index (χ3n) is 5.72. The SMILES string of the molecule is Cc1nnc2sc(C(=O)N3CCC4(CCCC4)C3)c(N)c2c1C. The highest BCUT2D eigenvalue weighted by molar-refractivity contribution is 7.21. The molecule has 1 saturated carbocycles. The summed E-state index contributed by atoms with van der Waals surface area (Å²) in [6.45, 7) is 5.66. The molecule has 1 spiro atoms. The molecule has 2 aromatic heterocycles. The van der Waals surface area contributed by atoms with Gasteiger partial charge in [0.1, 0.15) is 9.71 Å². The third-order valence-corrected chi connectivity index (χ3v) is 6.80. The minimum absolute atomic E-state index is 0.0753. The van der Waals surface area contributed by atoms with Crippen LogP contribution in [0.25, 0.3) is 10.2 Å². The average Bonchev–Trinajstić information content (AvgIpc) is 3.24. The quantitative estimate of drug-likeness (QED) is 0.871. The predicted molar refractivity (Wildman–Crippen MR) is 92.7 cm³/mol. The molecule has 0 radical (unpaired) electrons. The predicted octanol–water partition coefficient (Wildman–Crippen LogP) is 3.30. The topological polar surface area (TPSA) is 72.1 Å². The molecule has 2 aromatic rings. The summed E-state index contributed by atoms with van der Waals surface area (Å²) >= 11 is 1.38. The van der Waals surface area contributed by atoms with Crippen LogP contribution in [-0.4, -0.2) is 34.1 Å². The molecule has 0 unspecified atom stereocenters. The number of nitrogens with zero attached hydrogens (tertiary/aromatic N) is 3. The first-order chi connectivity index (χ1) is 11.0. The number of carbonyl (C=O) groups excluding carboxylic acids is 1. The van der Waals surface area contributed by atoms with Gasteiger partial charge in [0.15, 0.2) is 0 Å². The van der Waals surface area contributed by atoms with Crippen molar-refractivity contribution in [3.63, 3.8) is 0 Å². The van der Waals surface area contributed by atoms with Crippen LogP contribution in [0.5, 0.6) is 0 Å². The number of thiophene rings is 1. The Morgan fingerprint density at radius 3 is 2.70 bits per heavy atom. The number of rotatable bonds is 1. The van der Waals surface area contributed by atoms with Crippen LogP contribution in [0.3, 0.4) is 0 Å². The maximum absolute atomic E-state index is 13.0. The second-order valence-electron chi connectivity index (χ2n) is 7.12. The summed E-state index contributed by atoms with van der Waals surface area (Å²) in [5.74, 6) is 0.0753. The van der Waals surface area contributed by atoms with E-state index in [4.69, 9.17) is 5.73 Å². The van der Waals surface area contributed by atoms with Gasteiger partial charge in [-0.2, -0.15) is 5.10 Å². The fraction of sp³-hybridized carbons (Fsp3) is 0.588. The number of nitrogens with two attached hydrogens (primary N) is 1. The van der Waals surface area contributed by atoms with Gasteiger partial charge in [0.05, 0.1) is 11.4 Å². The number of fused-ring (bicyclic) bond motifs is 1. The van der Waals surface area contributed by atoms with Crippen molar-refractivity contribution in [2.24, 2.45) is 5.41 Å². The zero-order valence-electron chi connectivity index (χ0n) is 13.7. The van der Waals surface area contributed by atoms with E-state index in [0.29, 0.717) is 16.0 Å². The summed E-state index contributed by atoms with van der Waals surface area (Å²) in [6, 6.07) is 0. The molecular weight excluding hydrogens is 308 g/mol. The van der Waals surface area contributed by atoms with Crippen molar-refractivity contribution in [2.45, 2.75) is 46.0 Å². The van der Waals surface area contributed by atoms with Crippen molar-refractivity contribution in [1.29, 1.82) is 0 Å². The standard InChI is InChI=1S/C17H22N4OS/c1-10-11(2)19-20-15-12(10)13(18)14(23-15)16(22)21-8-7-17(9-21)5-3-4-6-17/h3-9,18H2,1-2H3. The summed E-state index contributed by atoms with van der Waals surface area (Å²) < 4.78 is 0. The lowest BCUT2D eigenvalue weighted by Gasteiger charge is -2.23. The lowest BCUT2D eigenvalue weighted by Crippen LogP contribution is -2.31. The molecule has 5 nitrogen and oxygen atoms in total. The Morgan fingerprint density at radius 2 is 1.96 bits per heavy atom. The number of aromatic nitrogens is 2. The van der Waals surface area contributed by atoms with Gasteiger partial charge in [0.2, 0.25) is 0 Å². The highest BCUT2D eigenvalue weighted by Crippen LogP contribution is 2.46. The fourth-order valence-electron chi connectivity index (χ4n) is 4.18. The molecule has 1 amide bonds. The molecule has 6 heteroatoms. The number of amides is 1. The van der Waals surface area contributed by atoms with E-state index in [1.165, 1.54) is 37.0 Å². The number of aryl methyl sites for hydroxylation is 2. The van der Waals surface area contributed by atoms with Gasteiger partial charge >= 0.3 is 0 Å². The molecule has 1 saturated heterocycles. The summed E-state index contributed by atoms with van der Waals surface area (Å²) in [4.78, 5) is 16.4. The van der Waals surface area contributed by atoms with Gasteiger partial charge in [0.25, 0.3) is 5.91 Å². The van der Waals surface area contributed by atoms with E-state index >= 15 is 0 Å². The molecule has 0 atom stereocenters. The van der Waals surface area contributed by atoms with Crippen molar-refractivity contribution in [2.75, 3.05) is 18.8 Å². The van der Waals surface area contributed by atoms with E-state index in [1.54, 1.807) is 0 Å². The summed E-state index contributed by atoms with van der Waals surface area (Å²) in [5.41, 5.74) is 9.17. The molecule has 4 rings (SSSR count). The van der Waals surface area contributed by atoms with E-state index in [0.717, 1.165) is 41.0 Å². The van der Waals surface area contributed by atoms with Crippen LogP contribution in [0.1, 0.15) is 53.0 Å². The summed E-state index contributed by atoms with van der Waals surface area (Å²) in [5, 5.41) is 9.28. The number of nitrogen functional groups attached to an aromatic ring is 1. The highest BCUT2D eigenvalue weighted by atomic mass is 32.1. The molecule has 2 fully saturated rings. The van der Waals surface area contributed by atoms with E-state index in [-0.39, 0.29) is 5.91 Å². The van der Waals surface area contributed by atoms with Gasteiger partial charge in [-0.25, -0.2) is 0 Å². The molecule has 1 aliphatic carbocycles. The largest absolute Gasteiger partial charge is 0.397 e. The minimum atomic E-state index is 0.0753. The molecule has 1 aliphatic heterocycles. The number of carbonyl (C=O) groups is 1. The smallest absolute Gasteiger partial charge is 0.266 e. The van der Waals surface area contributed by atoms with Gasteiger partial charge in [0, 0.05) is 18.5 Å². The Bertz CT molecular complexity index is 791. The summed E-state index contributed by atoms with van der Waals surface area (Å²) in [7, 11) is 0. The Kier molecular flexibility index (Phi) is 3.34. The van der Waals surface area contributed by atoms with Crippen LogP contribution in [0.2, 0.25) is 0 Å². The van der Waals surface area contributed by atoms with Crippen LogP contribution < -0.4 is 5.73 Å². The van der Waals surface area contributed by atoms with Crippen LogP contribution >= 0.6 is 11.3 Å². The van der Waals surface area contributed by atoms with Gasteiger partial charge in [-0.15, -0.1) is 16.4 Å². The van der Waals surface area contributed by atoms with Gasteiger partial charge in [-0.3, -0.25) is 4.79 Å². The Morgan fingerprint density at radius 1 is 1.22 bits per heavy atom. The van der Waals surface area contributed by atoms with Crippen molar-refractivity contribution >= 4 is 33.1 Å². The van der Waals surface area contributed by atoms with Crippen LogP contribution in [0, 0.1) is 19.3 Å². The Balaban J connectivity index is 1.68. The lowest BCUT2D eigenvalue weighted by atomic mass is 9.86. The van der Waals surface area contributed by atoms with E-state index in [1.807, 2.05) is 18.7 Å². The minimum Gasteiger partial charge on any atom is -0.397 e. The normalized spacial score (nSPS) is 20.0. The monoisotopic (exact) mass is 330 g/mol. The molecule has 3 heterocycles. The molecule has 23 heavy (non-hydrogen) atoms. The average molecular weight is 330 g/mol. The first-order valence-corrected chi connectivity index (χ1v) is 9.14. The van der Waals surface area contributed by atoms with Gasteiger partial charge < -0.3 is 10.6 Å². The van der Waals surface area contributed by atoms with Crippen molar-refractivity contribution in [1.82, 2.24) is 15.1 Å². The number of hydrogen-bond acceptors (Lipinski definition) is 5. The van der Waals surface area contributed by atoms with Crippen molar-refractivity contribution in [3.05, 3.63) is 16.1 Å². The molecule has 122 valence electrons. The Labute approximate surface area is 139 Å². The Hall–Kier alpha value is -1.69. The molecule has 0 bridgehead atoms.